The Kier molecular flexibility index (Phi) is 4.37. The van der Waals surface area contributed by atoms with Crippen molar-refractivity contribution in [3.63, 3.8) is 0 Å². The average Bonchev–Trinajstić information content (AvgIpc) is 3.08. The second kappa shape index (κ2) is 6.44. The van der Waals surface area contributed by atoms with Gasteiger partial charge in [0.25, 0.3) is 0 Å². The molecule has 0 aliphatic heterocycles. The molecule has 1 aromatic carbocycles. The van der Waals surface area contributed by atoms with E-state index in [2.05, 4.69) is 0 Å². The Morgan fingerprint density at radius 3 is 2.74 bits per heavy atom. The largest absolute Gasteiger partial charge is 0.507 e. The van der Waals surface area contributed by atoms with E-state index in [4.69, 9.17) is 9.15 Å². The van der Waals surface area contributed by atoms with Gasteiger partial charge in [-0.2, -0.15) is 0 Å². The van der Waals surface area contributed by atoms with Crippen LogP contribution in [0, 0.1) is 5.92 Å². The van der Waals surface area contributed by atoms with Gasteiger partial charge in [0.1, 0.15) is 11.3 Å². The minimum absolute atomic E-state index is 0.0716. The molecule has 0 saturated heterocycles. The van der Waals surface area contributed by atoms with Crippen molar-refractivity contribution < 1.29 is 19.1 Å². The van der Waals surface area contributed by atoms with Crippen LogP contribution >= 0.6 is 0 Å². The summed E-state index contributed by atoms with van der Waals surface area (Å²) in [7, 11) is 1.33. The maximum atomic E-state index is 12.4. The summed E-state index contributed by atoms with van der Waals surface area (Å²) in [6, 6.07) is 6.87. The summed E-state index contributed by atoms with van der Waals surface area (Å²) in [6.45, 7) is 0. The van der Waals surface area contributed by atoms with E-state index < -0.39 is 5.63 Å². The highest BCUT2D eigenvalue weighted by Gasteiger charge is 2.33. The number of hydrogen-bond donors (Lipinski definition) is 1. The average molecular weight is 316 g/mol. The Bertz CT molecular complexity index is 771. The lowest BCUT2D eigenvalue weighted by atomic mass is 9.82. The molecule has 5 nitrogen and oxygen atoms in total. The fourth-order valence-electron chi connectivity index (χ4n) is 3.60. The van der Waals surface area contributed by atoms with Crippen LogP contribution in [0.25, 0.3) is 11.0 Å². The molecule has 23 heavy (non-hydrogen) atoms. The SMILES string of the molecule is COC(=O)CC(c1c(O)c2ccccc2oc1=O)C1CCCC1. The van der Waals surface area contributed by atoms with Gasteiger partial charge in [-0.15, -0.1) is 0 Å². The summed E-state index contributed by atoms with van der Waals surface area (Å²) >= 11 is 0. The molecule has 1 saturated carbocycles. The van der Waals surface area contributed by atoms with E-state index in [1.54, 1.807) is 24.3 Å². The summed E-state index contributed by atoms with van der Waals surface area (Å²) in [5.41, 5.74) is -0.00927. The zero-order chi connectivity index (χ0) is 16.4. The first-order valence-corrected chi connectivity index (χ1v) is 7.93. The molecule has 0 amide bonds. The molecule has 2 aromatic rings. The lowest BCUT2D eigenvalue weighted by molar-refractivity contribution is -0.141. The van der Waals surface area contributed by atoms with Crippen LogP contribution in [-0.4, -0.2) is 18.2 Å². The molecule has 0 bridgehead atoms. The Balaban J connectivity index is 2.12. The highest BCUT2D eigenvalue weighted by molar-refractivity contribution is 5.84. The first kappa shape index (κ1) is 15.6. The normalized spacial score (nSPS) is 16.6. The second-order valence-corrected chi connectivity index (χ2v) is 6.08. The molecule has 1 atom stereocenters. The van der Waals surface area contributed by atoms with Gasteiger partial charge in [0, 0.05) is 5.92 Å². The topological polar surface area (TPSA) is 76.7 Å². The number of rotatable bonds is 4. The third-order valence-electron chi connectivity index (χ3n) is 4.77. The van der Waals surface area contributed by atoms with Gasteiger partial charge in [-0.25, -0.2) is 4.79 Å². The zero-order valence-corrected chi connectivity index (χ0v) is 13.1. The maximum Gasteiger partial charge on any atom is 0.343 e. The molecule has 122 valence electrons. The molecule has 1 aromatic heterocycles. The minimum atomic E-state index is -0.568. The van der Waals surface area contributed by atoms with E-state index in [-0.39, 0.29) is 35.5 Å². The molecular formula is C18H20O5. The summed E-state index contributed by atoms with van der Waals surface area (Å²) < 4.78 is 10.1. The predicted octanol–water partition coefficient (Wildman–Crippen LogP) is 3.34. The number of para-hydroxylation sites is 1. The van der Waals surface area contributed by atoms with E-state index in [1.165, 1.54) is 7.11 Å². The van der Waals surface area contributed by atoms with Gasteiger partial charge in [-0.3, -0.25) is 4.79 Å². The molecule has 0 spiro atoms. The van der Waals surface area contributed by atoms with Crippen molar-refractivity contribution in [1.82, 2.24) is 0 Å². The molecule has 3 rings (SSSR count). The molecule has 1 N–H and O–H groups in total. The third kappa shape index (κ3) is 2.96. The van der Waals surface area contributed by atoms with Crippen molar-refractivity contribution in [2.75, 3.05) is 7.11 Å². The van der Waals surface area contributed by atoms with E-state index in [9.17, 15) is 14.7 Å². The zero-order valence-electron chi connectivity index (χ0n) is 13.1. The first-order valence-electron chi connectivity index (χ1n) is 7.93. The van der Waals surface area contributed by atoms with Crippen LogP contribution in [0.2, 0.25) is 0 Å². The number of benzene rings is 1. The van der Waals surface area contributed by atoms with Crippen LogP contribution in [0.15, 0.2) is 33.5 Å². The minimum Gasteiger partial charge on any atom is -0.507 e. The van der Waals surface area contributed by atoms with Crippen molar-refractivity contribution in [2.24, 2.45) is 5.92 Å². The number of hydrogen-bond acceptors (Lipinski definition) is 5. The number of carbonyl (C=O) groups excluding carboxylic acids is 1. The quantitative estimate of drug-likeness (QED) is 0.691. The molecule has 1 unspecified atom stereocenters. The third-order valence-corrected chi connectivity index (χ3v) is 4.77. The molecule has 1 heterocycles. The number of aromatic hydroxyl groups is 1. The Morgan fingerprint density at radius 2 is 2.04 bits per heavy atom. The molecular weight excluding hydrogens is 296 g/mol. The Labute approximate surface area is 133 Å². The van der Waals surface area contributed by atoms with Crippen LogP contribution in [0.5, 0.6) is 5.75 Å². The van der Waals surface area contributed by atoms with E-state index in [0.717, 1.165) is 25.7 Å². The fourth-order valence-corrected chi connectivity index (χ4v) is 3.60. The van der Waals surface area contributed by atoms with E-state index in [0.29, 0.717) is 11.0 Å². The highest BCUT2D eigenvalue weighted by atomic mass is 16.5. The lowest BCUT2D eigenvalue weighted by Crippen LogP contribution is -2.22. The van der Waals surface area contributed by atoms with Gasteiger partial charge in [0.15, 0.2) is 0 Å². The lowest BCUT2D eigenvalue weighted by Gasteiger charge is -2.22. The monoisotopic (exact) mass is 316 g/mol. The van der Waals surface area contributed by atoms with Gasteiger partial charge in [-0.05, 0) is 30.9 Å². The fraction of sp³-hybridized carbons (Fsp3) is 0.444. The van der Waals surface area contributed by atoms with Crippen LogP contribution in [0.1, 0.15) is 43.6 Å². The summed E-state index contributed by atoms with van der Waals surface area (Å²) in [5.74, 6) is -0.638. The highest BCUT2D eigenvalue weighted by Crippen LogP contribution is 2.42. The molecule has 1 aliphatic carbocycles. The van der Waals surface area contributed by atoms with Crippen LogP contribution in [0.3, 0.4) is 0 Å². The number of methoxy groups -OCH3 is 1. The maximum absolute atomic E-state index is 12.4. The standard InChI is InChI=1S/C18H20O5/c1-22-15(19)10-13(11-6-2-3-7-11)16-17(20)12-8-4-5-9-14(12)23-18(16)21/h4-5,8-9,11,13,20H,2-3,6-7,10H2,1H3. The Hall–Kier alpha value is -2.30. The van der Waals surface area contributed by atoms with Crippen LogP contribution in [0.4, 0.5) is 0 Å². The number of esters is 1. The van der Waals surface area contributed by atoms with Gasteiger partial charge in [0.2, 0.25) is 0 Å². The van der Waals surface area contributed by atoms with Crippen LogP contribution in [-0.2, 0) is 9.53 Å². The number of carbonyl (C=O) groups is 1. The molecule has 1 fully saturated rings. The second-order valence-electron chi connectivity index (χ2n) is 6.08. The van der Waals surface area contributed by atoms with E-state index >= 15 is 0 Å². The van der Waals surface area contributed by atoms with Gasteiger partial charge >= 0.3 is 11.6 Å². The number of fused-ring (bicyclic) bond motifs is 1. The summed E-state index contributed by atoms with van der Waals surface area (Å²) in [4.78, 5) is 24.2. The van der Waals surface area contributed by atoms with Gasteiger partial charge < -0.3 is 14.3 Å². The predicted molar refractivity (Wildman–Crippen MR) is 85.5 cm³/mol. The summed E-state index contributed by atoms with van der Waals surface area (Å²) in [6.07, 6.45) is 4.10. The van der Waals surface area contributed by atoms with E-state index in [1.807, 2.05) is 0 Å². The first-order chi connectivity index (χ1) is 11.1. The summed E-state index contributed by atoms with van der Waals surface area (Å²) in [5, 5.41) is 11.1. The van der Waals surface area contributed by atoms with Crippen molar-refractivity contribution in [3.05, 3.63) is 40.2 Å². The van der Waals surface area contributed by atoms with Gasteiger partial charge in [-0.1, -0.05) is 25.0 Å². The van der Waals surface area contributed by atoms with Crippen molar-refractivity contribution in [1.29, 1.82) is 0 Å². The molecule has 0 radical (unpaired) electrons. The van der Waals surface area contributed by atoms with Crippen molar-refractivity contribution in [3.8, 4) is 5.75 Å². The van der Waals surface area contributed by atoms with Gasteiger partial charge in [0.05, 0.1) is 24.5 Å². The smallest absolute Gasteiger partial charge is 0.343 e. The molecule has 5 heteroatoms. The van der Waals surface area contributed by atoms with Crippen LogP contribution < -0.4 is 5.63 Å². The van der Waals surface area contributed by atoms with Crippen molar-refractivity contribution in [2.45, 2.75) is 38.0 Å². The number of ether oxygens (including phenoxy) is 1. The molecule has 1 aliphatic rings. The Morgan fingerprint density at radius 1 is 1.35 bits per heavy atom. The van der Waals surface area contributed by atoms with Crippen molar-refractivity contribution >= 4 is 16.9 Å².